The van der Waals surface area contributed by atoms with E-state index in [4.69, 9.17) is 9.29 Å². The summed E-state index contributed by atoms with van der Waals surface area (Å²) < 4.78 is 26.8. The summed E-state index contributed by atoms with van der Waals surface area (Å²) in [4.78, 5) is 12.1. The lowest BCUT2D eigenvalue weighted by Crippen LogP contribution is -2.29. The first-order valence-corrected chi connectivity index (χ1v) is 7.03. The predicted molar refractivity (Wildman–Crippen MR) is 55.5 cm³/mol. The molecule has 2 rings (SSSR count). The molecule has 7 heteroatoms. The summed E-state index contributed by atoms with van der Waals surface area (Å²) in [6.45, 7) is 1.01. The Morgan fingerprint density at radius 3 is 2.19 bits per heavy atom. The molecule has 1 saturated carbocycles. The second kappa shape index (κ2) is 3.89. The van der Waals surface area contributed by atoms with Gasteiger partial charge in [0.2, 0.25) is 0 Å². The normalized spacial score (nSPS) is 34.1. The number of nitrogens with zero attached hydrogens (tertiary/aromatic N) is 1. The molecular weight excluding hydrogens is 234 g/mol. The van der Waals surface area contributed by atoms with Crippen LogP contribution >= 0.6 is 0 Å². The van der Waals surface area contributed by atoms with E-state index in [1.165, 1.54) is 4.90 Å². The molecule has 6 nitrogen and oxygen atoms in total. The van der Waals surface area contributed by atoms with Crippen LogP contribution in [0.4, 0.5) is 4.79 Å². The molecule has 92 valence electrons. The Hall–Kier alpha value is -0.820. The highest BCUT2D eigenvalue weighted by molar-refractivity contribution is 7.86. The molecule has 1 unspecified atom stereocenters. The number of fused-ring (bicyclic) bond motifs is 1. The van der Waals surface area contributed by atoms with Crippen molar-refractivity contribution in [1.29, 1.82) is 0 Å². The summed E-state index contributed by atoms with van der Waals surface area (Å²) in [6.07, 6.45) is 1.17. The van der Waals surface area contributed by atoms with Crippen LogP contribution in [0.25, 0.3) is 0 Å². The topological polar surface area (TPSA) is 83.9 Å². The van der Waals surface area contributed by atoms with Crippen molar-refractivity contribution in [1.82, 2.24) is 4.90 Å². The van der Waals surface area contributed by atoms with Crippen LogP contribution in [-0.4, -0.2) is 50.0 Å². The van der Waals surface area contributed by atoms with E-state index in [0.29, 0.717) is 25.9 Å². The van der Waals surface area contributed by atoms with Crippen LogP contribution in [0, 0.1) is 11.8 Å². The molecule has 0 aromatic carbocycles. The van der Waals surface area contributed by atoms with E-state index in [0.717, 1.165) is 6.26 Å². The van der Waals surface area contributed by atoms with Crippen molar-refractivity contribution in [3.05, 3.63) is 0 Å². The number of hydrogen-bond acceptors (Lipinski definition) is 4. The highest BCUT2D eigenvalue weighted by atomic mass is 32.2. The van der Waals surface area contributed by atoms with Gasteiger partial charge >= 0.3 is 6.09 Å². The second-order valence-corrected chi connectivity index (χ2v) is 6.20. The molecule has 0 radical (unpaired) electrons. The molecule has 3 atom stereocenters. The average molecular weight is 249 g/mol. The van der Waals surface area contributed by atoms with Gasteiger partial charge < -0.3 is 10.0 Å². The minimum atomic E-state index is -3.40. The Morgan fingerprint density at radius 1 is 1.31 bits per heavy atom. The van der Waals surface area contributed by atoms with E-state index in [1.54, 1.807) is 0 Å². The quantitative estimate of drug-likeness (QED) is 0.714. The fourth-order valence-electron chi connectivity index (χ4n) is 2.73. The fraction of sp³-hybridized carbons (Fsp3) is 0.889. The molecule has 1 heterocycles. The summed E-state index contributed by atoms with van der Waals surface area (Å²) in [6, 6.07) is 0. The molecule has 1 aliphatic heterocycles. The predicted octanol–water partition coefficient (Wildman–Crippen LogP) is 0.351. The molecule has 0 bridgehead atoms. The maximum Gasteiger partial charge on any atom is 0.407 e. The van der Waals surface area contributed by atoms with Crippen LogP contribution in [0.5, 0.6) is 0 Å². The van der Waals surface area contributed by atoms with Gasteiger partial charge in [0, 0.05) is 13.1 Å². The van der Waals surface area contributed by atoms with E-state index in [2.05, 4.69) is 0 Å². The molecule has 2 aliphatic rings. The van der Waals surface area contributed by atoms with Gasteiger partial charge in [0.1, 0.15) is 0 Å². The van der Waals surface area contributed by atoms with Gasteiger partial charge in [0.05, 0.1) is 12.4 Å². The third-order valence-corrected chi connectivity index (χ3v) is 3.91. The Labute approximate surface area is 94.3 Å². The second-order valence-electron chi connectivity index (χ2n) is 4.60. The van der Waals surface area contributed by atoms with Crippen molar-refractivity contribution in [2.45, 2.75) is 18.9 Å². The lowest BCUT2D eigenvalue weighted by Gasteiger charge is -2.15. The van der Waals surface area contributed by atoms with Gasteiger partial charge in [-0.3, -0.25) is 4.18 Å². The van der Waals surface area contributed by atoms with Crippen molar-refractivity contribution in [2.75, 3.05) is 19.3 Å². The lowest BCUT2D eigenvalue weighted by molar-refractivity contribution is 0.145. The smallest absolute Gasteiger partial charge is 0.407 e. The first-order chi connectivity index (χ1) is 7.35. The van der Waals surface area contributed by atoms with E-state index < -0.39 is 16.2 Å². The first kappa shape index (κ1) is 11.7. The standard InChI is InChI=1S/C9H15NO5S/c1-16(13,14)15-8-2-6-4-10(9(11)12)5-7(6)3-8/h6-8H,2-5H2,1H3,(H,11,12)/t6-,7?,8-/m0/s1. The maximum absolute atomic E-state index is 11.0. The number of carboxylic acid groups (broad SMARTS) is 1. The Bertz CT molecular complexity index is 379. The Balaban J connectivity index is 1.91. The van der Waals surface area contributed by atoms with Gasteiger partial charge in [-0.15, -0.1) is 0 Å². The molecule has 1 aliphatic carbocycles. The molecular formula is C9H15NO5S. The summed E-state index contributed by atoms with van der Waals surface area (Å²) >= 11 is 0. The van der Waals surface area contributed by atoms with Crippen LogP contribution < -0.4 is 0 Å². The number of carbonyl (C=O) groups is 1. The van der Waals surface area contributed by atoms with E-state index >= 15 is 0 Å². The van der Waals surface area contributed by atoms with Crippen LogP contribution in [0.15, 0.2) is 0 Å². The Kier molecular flexibility index (Phi) is 2.83. The molecule has 0 spiro atoms. The van der Waals surface area contributed by atoms with E-state index in [1.807, 2.05) is 0 Å². The third-order valence-electron chi connectivity index (χ3n) is 3.29. The molecule has 16 heavy (non-hydrogen) atoms. The van der Waals surface area contributed by atoms with Gasteiger partial charge in [-0.25, -0.2) is 4.79 Å². The number of likely N-dealkylation sites (tertiary alicyclic amines) is 1. The maximum atomic E-state index is 11.0. The van der Waals surface area contributed by atoms with E-state index in [-0.39, 0.29) is 17.9 Å². The summed E-state index contributed by atoms with van der Waals surface area (Å²) in [7, 11) is -3.40. The van der Waals surface area contributed by atoms with Crippen LogP contribution in [0.3, 0.4) is 0 Å². The van der Waals surface area contributed by atoms with Gasteiger partial charge in [0.25, 0.3) is 10.1 Å². The molecule has 1 amide bonds. The fourth-order valence-corrected chi connectivity index (χ4v) is 3.38. The summed E-state index contributed by atoms with van der Waals surface area (Å²) in [5.74, 6) is 0.505. The van der Waals surface area contributed by atoms with Gasteiger partial charge in [-0.2, -0.15) is 8.42 Å². The van der Waals surface area contributed by atoms with Crippen molar-refractivity contribution >= 4 is 16.2 Å². The largest absolute Gasteiger partial charge is 0.465 e. The minimum absolute atomic E-state index is 0.253. The molecule has 2 fully saturated rings. The van der Waals surface area contributed by atoms with Gasteiger partial charge in [0.15, 0.2) is 0 Å². The highest BCUT2D eigenvalue weighted by Crippen LogP contribution is 2.39. The van der Waals surface area contributed by atoms with Gasteiger partial charge in [-0.05, 0) is 24.7 Å². The number of hydrogen-bond donors (Lipinski definition) is 1. The van der Waals surface area contributed by atoms with E-state index in [9.17, 15) is 13.2 Å². The monoisotopic (exact) mass is 249 g/mol. The molecule has 1 N–H and O–H groups in total. The zero-order valence-corrected chi connectivity index (χ0v) is 9.81. The van der Waals surface area contributed by atoms with Crippen molar-refractivity contribution in [2.24, 2.45) is 11.8 Å². The molecule has 0 aromatic heterocycles. The summed E-state index contributed by atoms with van der Waals surface area (Å²) in [5, 5.41) is 8.82. The number of rotatable bonds is 2. The zero-order valence-electron chi connectivity index (χ0n) is 9.00. The third kappa shape index (κ3) is 2.46. The molecule has 1 saturated heterocycles. The van der Waals surface area contributed by atoms with Crippen LogP contribution in [0.2, 0.25) is 0 Å². The van der Waals surface area contributed by atoms with Crippen molar-refractivity contribution in [3.8, 4) is 0 Å². The lowest BCUT2D eigenvalue weighted by atomic mass is 10.0. The highest BCUT2D eigenvalue weighted by Gasteiger charge is 2.43. The first-order valence-electron chi connectivity index (χ1n) is 5.21. The van der Waals surface area contributed by atoms with Crippen LogP contribution in [-0.2, 0) is 14.3 Å². The Morgan fingerprint density at radius 2 is 1.81 bits per heavy atom. The van der Waals surface area contributed by atoms with Crippen molar-refractivity contribution in [3.63, 3.8) is 0 Å². The van der Waals surface area contributed by atoms with Crippen LogP contribution in [0.1, 0.15) is 12.8 Å². The molecule has 0 aromatic rings. The number of amides is 1. The van der Waals surface area contributed by atoms with Crippen molar-refractivity contribution < 1.29 is 22.5 Å². The summed E-state index contributed by atoms with van der Waals surface area (Å²) in [5.41, 5.74) is 0. The average Bonchev–Trinajstić information content (AvgIpc) is 2.56. The zero-order chi connectivity index (χ0) is 11.9. The van der Waals surface area contributed by atoms with Gasteiger partial charge in [-0.1, -0.05) is 0 Å². The SMILES string of the molecule is CS(=O)(=O)O[C@@H]1CC2CN(C(=O)O)C[C@@H]2C1. The minimum Gasteiger partial charge on any atom is -0.465 e.